The highest BCUT2D eigenvalue weighted by Gasteiger charge is 2.32. The predicted octanol–water partition coefficient (Wildman–Crippen LogP) is 3.90. The van der Waals surface area contributed by atoms with Gasteiger partial charge >= 0.3 is 0 Å². The highest BCUT2D eigenvalue weighted by atomic mass is 16.2. The standard InChI is InChI=1S/C22H32N2O2/c1-23-21(25)15-19-9-5-8-17(14-19)10-11-20-12-13-22(26)24(20)16-18-6-3-2-4-7-18/h2-4,6-7,17,19-20H,5,8-16H2,1H3,(H,23,25). The molecule has 142 valence electrons. The molecule has 3 unspecified atom stereocenters. The van der Waals surface area contributed by atoms with E-state index in [2.05, 4.69) is 22.3 Å². The zero-order chi connectivity index (χ0) is 18.4. The fourth-order valence-electron chi connectivity index (χ4n) is 4.73. The molecule has 4 heteroatoms. The molecule has 1 saturated carbocycles. The average molecular weight is 357 g/mol. The van der Waals surface area contributed by atoms with Gasteiger partial charge in [-0.3, -0.25) is 9.59 Å². The van der Waals surface area contributed by atoms with Crippen LogP contribution in [0.5, 0.6) is 0 Å². The number of hydrogen-bond acceptors (Lipinski definition) is 2. The van der Waals surface area contributed by atoms with E-state index in [0.717, 1.165) is 19.4 Å². The lowest BCUT2D eigenvalue weighted by Crippen LogP contribution is -2.33. The number of carbonyl (C=O) groups is 2. The maximum absolute atomic E-state index is 12.3. The Balaban J connectivity index is 1.49. The average Bonchev–Trinajstić information content (AvgIpc) is 3.01. The molecule has 0 aromatic heterocycles. The number of benzene rings is 1. The number of likely N-dealkylation sites (tertiary alicyclic amines) is 1. The lowest BCUT2D eigenvalue weighted by molar-refractivity contribution is -0.129. The van der Waals surface area contributed by atoms with Crippen LogP contribution in [0.3, 0.4) is 0 Å². The summed E-state index contributed by atoms with van der Waals surface area (Å²) in [7, 11) is 1.72. The Labute approximate surface area is 157 Å². The first kappa shape index (κ1) is 18.9. The first-order chi connectivity index (χ1) is 12.7. The number of hydrogen-bond donors (Lipinski definition) is 1. The largest absolute Gasteiger partial charge is 0.359 e. The van der Waals surface area contributed by atoms with E-state index >= 15 is 0 Å². The zero-order valence-electron chi connectivity index (χ0n) is 16.0. The van der Waals surface area contributed by atoms with Crippen molar-refractivity contribution in [2.45, 2.75) is 70.4 Å². The van der Waals surface area contributed by atoms with Crippen LogP contribution in [0.15, 0.2) is 30.3 Å². The van der Waals surface area contributed by atoms with Gasteiger partial charge in [-0.25, -0.2) is 0 Å². The molecule has 0 bridgehead atoms. The fourth-order valence-corrected chi connectivity index (χ4v) is 4.73. The van der Waals surface area contributed by atoms with Gasteiger partial charge in [0.1, 0.15) is 0 Å². The lowest BCUT2D eigenvalue weighted by atomic mass is 9.77. The van der Waals surface area contributed by atoms with Crippen molar-refractivity contribution in [1.29, 1.82) is 0 Å². The van der Waals surface area contributed by atoms with Gasteiger partial charge in [0.05, 0.1) is 0 Å². The molecule has 1 aromatic rings. The Bertz CT molecular complexity index is 601. The summed E-state index contributed by atoms with van der Waals surface area (Å²) in [6.45, 7) is 0.744. The van der Waals surface area contributed by atoms with Crippen LogP contribution in [0.2, 0.25) is 0 Å². The minimum Gasteiger partial charge on any atom is -0.359 e. The second kappa shape index (κ2) is 9.20. The minimum absolute atomic E-state index is 0.172. The third-order valence-electron chi connectivity index (χ3n) is 6.20. The summed E-state index contributed by atoms with van der Waals surface area (Å²) in [4.78, 5) is 26.1. The van der Waals surface area contributed by atoms with Crippen molar-refractivity contribution in [2.24, 2.45) is 11.8 Å². The molecule has 4 nitrogen and oxygen atoms in total. The molecule has 1 heterocycles. The van der Waals surface area contributed by atoms with Crippen molar-refractivity contribution < 1.29 is 9.59 Å². The van der Waals surface area contributed by atoms with Gasteiger partial charge in [0.2, 0.25) is 11.8 Å². The quantitative estimate of drug-likeness (QED) is 0.805. The smallest absolute Gasteiger partial charge is 0.223 e. The summed E-state index contributed by atoms with van der Waals surface area (Å²) in [5.41, 5.74) is 1.22. The maximum atomic E-state index is 12.3. The summed E-state index contributed by atoms with van der Waals surface area (Å²) in [5.74, 6) is 1.73. The molecule has 2 amide bonds. The molecule has 1 N–H and O–H groups in total. The van der Waals surface area contributed by atoms with Gasteiger partial charge in [-0.2, -0.15) is 0 Å². The molecular weight excluding hydrogens is 324 g/mol. The van der Waals surface area contributed by atoms with Crippen LogP contribution >= 0.6 is 0 Å². The van der Waals surface area contributed by atoms with Crippen molar-refractivity contribution in [3.05, 3.63) is 35.9 Å². The van der Waals surface area contributed by atoms with Crippen molar-refractivity contribution in [2.75, 3.05) is 7.05 Å². The summed E-state index contributed by atoms with van der Waals surface area (Å²) < 4.78 is 0. The lowest BCUT2D eigenvalue weighted by Gasteiger charge is -2.31. The Morgan fingerprint density at radius 1 is 1.12 bits per heavy atom. The zero-order valence-corrected chi connectivity index (χ0v) is 16.0. The van der Waals surface area contributed by atoms with E-state index in [4.69, 9.17) is 0 Å². The molecule has 3 rings (SSSR count). The summed E-state index contributed by atoms with van der Waals surface area (Å²) in [6, 6.07) is 10.7. The molecule has 0 spiro atoms. The highest BCUT2D eigenvalue weighted by Crippen LogP contribution is 2.35. The van der Waals surface area contributed by atoms with Crippen molar-refractivity contribution in [3.8, 4) is 0 Å². The first-order valence-corrected chi connectivity index (χ1v) is 10.2. The Morgan fingerprint density at radius 2 is 1.88 bits per heavy atom. The van der Waals surface area contributed by atoms with Crippen LogP contribution in [0, 0.1) is 11.8 Å². The Hall–Kier alpha value is -1.84. The van der Waals surface area contributed by atoms with E-state index in [1.165, 1.54) is 37.7 Å². The van der Waals surface area contributed by atoms with Gasteiger partial charge in [0.15, 0.2) is 0 Å². The minimum atomic E-state index is 0.172. The van der Waals surface area contributed by atoms with Gasteiger partial charge in [-0.15, -0.1) is 0 Å². The van der Waals surface area contributed by atoms with Crippen molar-refractivity contribution in [1.82, 2.24) is 10.2 Å². The van der Waals surface area contributed by atoms with Gasteiger partial charge in [-0.1, -0.05) is 43.2 Å². The normalized spacial score (nSPS) is 26.1. The number of nitrogens with zero attached hydrogens (tertiary/aromatic N) is 1. The Kier molecular flexibility index (Phi) is 6.70. The molecule has 3 atom stereocenters. The van der Waals surface area contributed by atoms with Gasteiger partial charge in [0.25, 0.3) is 0 Å². The van der Waals surface area contributed by atoms with Gasteiger partial charge in [-0.05, 0) is 49.5 Å². The fraction of sp³-hybridized carbons (Fsp3) is 0.636. The summed E-state index contributed by atoms with van der Waals surface area (Å²) in [6.07, 6.45) is 9.55. The number of rotatable bonds is 7. The number of amides is 2. The SMILES string of the molecule is CNC(=O)CC1CCCC(CCC2CCC(=O)N2Cc2ccccc2)C1. The molecule has 1 saturated heterocycles. The van der Waals surface area contributed by atoms with E-state index in [1.54, 1.807) is 7.05 Å². The molecule has 0 radical (unpaired) electrons. The van der Waals surface area contributed by atoms with Crippen molar-refractivity contribution in [3.63, 3.8) is 0 Å². The molecule has 2 fully saturated rings. The maximum Gasteiger partial charge on any atom is 0.223 e. The highest BCUT2D eigenvalue weighted by molar-refractivity contribution is 5.78. The Morgan fingerprint density at radius 3 is 2.65 bits per heavy atom. The topological polar surface area (TPSA) is 49.4 Å². The molecule has 1 aliphatic heterocycles. The molecule has 1 aliphatic carbocycles. The van der Waals surface area contributed by atoms with E-state index in [9.17, 15) is 9.59 Å². The second-order valence-electron chi connectivity index (χ2n) is 8.05. The van der Waals surface area contributed by atoms with Crippen molar-refractivity contribution >= 4 is 11.8 Å². The molecular formula is C22H32N2O2. The monoisotopic (exact) mass is 356 g/mol. The van der Waals surface area contributed by atoms with E-state index < -0.39 is 0 Å². The molecule has 26 heavy (non-hydrogen) atoms. The first-order valence-electron chi connectivity index (χ1n) is 10.2. The van der Waals surface area contributed by atoms with Crippen LogP contribution in [0.25, 0.3) is 0 Å². The van der Waals surface area contributed by atoms with E-state index in [-0.39, 0.29) is 5.91 Å². The molecule has 1 aromatic carbocycles. The van der Waals surface area contributed by atoms with Crippen LogP contribution in [0.1, 0.15) is 63.4 Å². The third-order valence-corrected chi connectivity index (χ3v) is 6.20. The van der Waals surface area contributed by atoms with Crippen LogP contribution in [-0.4, -0.2) is 29.8 Å². The van der Waals surface area contributed by atoms with Crippen LogP contribution < -0.4 is 5.32 Å². The van der Waals surface area contributed by atoms with Gasteiger partial charge < -0.3 is 10.2 Å². The molecule has 2 aliphatic rings. The third kappa shape index (κ3) is 5.09. The van der Waals surface area contributed by atoms with E-state index in [0.29, 0.717) is 36.6 Å². The number of nitrogens with one attached hydrogen (secondary N) is 1. The van der Waals surface area contributed by atoms with Gasteiger partial charge in [0, 0.05) is 32.5 Å². The number of carbonyl (C=O) groups excluding carboxylic acids is 2. The summed E-state index contributed by atoms with van der Waals surface area (Å²) >= 11 is 0. The van der Waals surface area contributed by atoms with E-state index in [1.807, 2.05) is 18.2 Å². The van der Waals surface area contributed by atoms with Crippen LogP contribution in [0.4, 0.5) is 0 Å². The van der Waals surface area contributed by atoms with Crippen LogP contribution in [-0.2, 0) is 16.1 Å². The second-order valence-corrected chi connectivity index (χ2v) is 8.05. The predicted molar refractivity (Wildman–Crippen MR) is 103 cm³/mol. The summed E-state index contributed by atoms with van der Waals surface area (Å²) in [5, 5.41) is 2.75.